The van der Waals surface area contributed by atoms with E-state index in [0.29, 0.717) is 6.54 Å². The second-order valence-electron chi connectivity index (χ2n) is 6.16. The summed E-state index contributed by atoms with van der Waals surface area (Å²) in [6.45, 7) is 2.26. The molecule has 0 unspecified atom stereocenters. The zero-order valence-electron chi connectivity index (χ0n) is 14.6. The SMILES string of the molecule is Cc1csc(=O)n1CCC(=O)Nc1cccc(-c2nc3ccccc3s2)c1. The minimum absolute atomic E-state index is 0.0295. The van der Waals surface area contributed by atoms with E-state index in [0.717, 1.165) is 43.5 Å². The molecular formula is C20H17N3O2S2. The Morgan fingerprint density at radius 2 is 2.04 bits per heavy atom. The average Bonchev–Trinajstić information content (AvgIpc) is 3.24. The molecule has 0 saturated carbocycles. The third-order valence-corrected chi connectivity index (χ3v) is 6.19. The van der Waals surface area contributed by atoms with E-state index in [9.17, 15) is 9.59 Å². The zero-order chi connectivity index (χ0) is 18.8. The molecule has 0 aliphatic carbocycles. The second-order valence-corrected chi connectivity index (χ2v) is 8.01. The number of aromatic nitrogens is 2. The first-order valence-electron chi connectivity index (χ1n) is 8.51. The van der Waals surface area contributed by atoms with Gasteiger partial charge in [0.25, 0.3) is 0 Å². The molecule has 5 nitrogen and oxygen atoms in total. The van der Waals surface area contributed by atoms with E-state index >= 15 is 0 Å². The summed E-state index contributed by atoms with van der Waals surface area (Å²) in [6.07, 6.45) is 0.253. The summed E-state index contributed by atoms with van der Waals surface area (Å²) >= 11 is 2.79. The van der Waals surface area contributed by atoms with Gasteiger partial charge in [-0.25, -0.2) is 4.98 Å². The van der Waals surface area contributed by atoms with Crippen molar-refractivity contribution in [1.82, 2.24) is 9.55 Å². The molecule has 0 spiro atoms. The van der Waals surface area contributed by atoms with E-state index < -0.39 is 0 Å². The minimum Gasteiger partial charge on any atom is -0.326 e. The first kappa shape index (κ1) is 17.6. The Hall–Kier alpha value is -2.77. The van der Waals surface area contributed by atoms with Crippen LogP contribution in [0.4, 0.5) is 5.69 Å². The zero-order valence-corrected chi connectivity index (χ0v) is 16.3. The van der Waals surface area contributed by atoms with Gasteiger partial charge in [0.1, 0.15) is 5.01 Å². The predicted octanol–water partition coefficient (Wildman–Crippen LogP) is 4.52. The minimum atomic E-state index is -0.117. The number of hydrogen-bond acceptors (Lipinski definition) is 5. The van der Waals surface area contributed by atoms with Crippen molar-refractivity contribution in [1.29, 1.82) is 0 Å². The smallest absolute Gasteiger partial charge is 0.307 e. The van der Waals surface area contributed by atoms with Gasteiger partial charge in [-0.3, -0.25) is 9.59 Å². The van der Waals surface area contributed by atoms with Crippen molar-refractivity contribution in [2.75, 3.05) is 5.32 Å². The first-order chi connectivity index (χ1) is 13.1. The average molecular weight is 396 g/mol. The van der Waals surface area contributed by atoms with Crippen LogP contribution in [-0.4, -0.2) is 15.5 Å². The number of thiazole rings is 2. The molecule has 27 heavy (non-hydrogen) atoms. The summed E-state index contributed by atoms with van der Waals surface area (Å²) in [5, 5.41) is 5.64. The molecule has 2 heterocycles. The number of anilines is 1. The maximum Gasteiger partial charge on any atom is 0.307 e. The third-order valence-electron chi connectivity index (χ3n) is 4.23. The molecule has 0 fully saturated rings. The summed E-state index contributed by atoms with van der Waals surface area (Å²) in [4.78, 5) is 28.6. The molecule has 2 aromatic carbocycles. The molecule has 136 valence electrons. The van der Waals surface area contributed by atoms with Gasteiger partial charge < -0.3 is 9.88 Å². The molecule has 0 aliphatic heterocycles. The summed E-state index contributed by atoms with van der Waals surface area (Å²) in [6, 6.07) is 15.7. The fourth-order valence-electron chi connectivity index (χ4n) is 2.84. The molecule has 7 heteroatoms. The Bertz CT molecular complexity index is 1140. The van der Waals surface area contributed by atoms with Gasteiger partial charge in [-0.15, -0.1) is 11.3 Å². The number of aryl methyl sites for hydroxylation is 1. The van der Waals surface area contributed by atoms with E-state index in [1.807, 2.05) is 54.8 Å². The number of carbonyl (C=O) groups excluding carboxylic acids is 1. The number of rotatable bonds is 5. The lowest BCUT2D eigenvalue weighted by atomic mass is 10.2. The molecule has 4 aromatic rings. The molecule has 4 rings (SSSR count). The van der Waals surface area contributed by atoms with Crippen LogP contribution in [0.5, 0.6) is 0 Å². The molecule has 1 N–H and O–H groups in total. The molecular weight excluding hydrogens is 378 g/mol. The van der Waals surface area contributed by atoms with Gasteiger partial charge in [0, 0.05) is 35.3 Å². The van der Waals surface area contributed by atoms with Gasteiger partial charge in [0.2, 0.25) is 5.91 Å². The van der Waals surface area contributed by atoms with E-state index in [2.05, 4.69) is 16.4 Å². The normalized spacial score (nSPS) is 11.0. The fourth-order valence-corrected chi connectivity index (χ4v) is 4.56. The van der Waals surface area contributed by atoms with Gasteiger partial charge in [-0.05, 0) is 31.2 Å². The molecule has 0 saturated heterocycles. The highest BCUT2D eigenvalue weighted by Gasteiger charge is 2.09. The Labute approximate surface area is 163 Å². The lowest BCUT2D eigenvalue weighted by molar-refractivity contribution is -0.116. The molecule has 2 aromatic heterocycles. The van der Waals surface area contributed by atoms with Crippen LogP contribution in [0, 0.1) is 6.92 Å². The second kappa shape index (κ2) is 7.46. The van der Waals surface area contributed by atoms with Gasteiger partial charge in [-0.2, -0.15) is 0 Å². The molecule has 1 amide bonds. The Kier molecular flexibility index (Phi) is 4.87. The van der Waals surface area contributed by atoms with Crippen LogP contribution in [0.15, 0.2) is 58.7 Å². The van der Waals surface area contributed by atoms with Crippen molar-refractivity contribution in [3.63, 3.8) is 0 Å². The van der Waals surface area contributed by atoms with Gasteiger partial charge in [0.05, 0.1) is 10.2 Å². The van der Waals surface area contributed by atoms with Crippen LogP contribution >= 0.6 is 22.7 Å². The Balaban J connectivity index is 1.47. The van der Waals surface area contributed by atoms with Gasteiger partial charge >= 0.3 is 4.87 Å². The van der Waals surface area contributed by atoms with Crippen molar-refractivity contribution in [3.05, 3.63) is 69.3 Å². The van der Waals surface area contributed by atoms with Crippen molar-refractivity contribution in [2.45, 2.75) is 19.9 Å². The van der Waals surface area contributed by atoms with E-state index in [4.69, 9.17) is 0 Å². The topological polar surface area (TPSA) is 64.0 Å². The van der Waals surface area contributed by atoms with Crippen LogP contribution < -0.4 is 10.2 Å². The number of amides is 1. The van der Waals surface area contributed by atoms with Crippen molar-refractivity contribution in [3.8, 4) is 10.6 Å². The summed E-state index contributed by atoms with van der Waals surface area (Å²) in [7, 11) is 0. The van der Waals surface area contributed by atoms with E-state index in [-0.39, 0.29) is 17.2 Å². The number of para-hydroxylation sites is 1. The number of carbonyl (C=O) groups is 1. The Morgan fingerprint density at radius 1 is 1.19 bits per heavy atom. The number of fused-ring (bicyclic) bond motifs is 1. The number of benzene rings is 2. The van der Waals surface area contributed by atoms with Crippen LogP contribution in [0.3, 0.4) is 0 Å². The highest BCUT2D eigenvalue weighted by Crippen LogP contribution is 2.31. The standard InChI is InChI=1S/C20H17N3O2S2/c1-13-12-26-20(25)23(13)10-9-18(24)21-15-6-4-5-14(11-15)19-22-16-7-2-3-8-17(16)27-19/h2-8,11-12H,9-10H2,1H3,(H,21,24). The predicted molar refractivity (Wildman–Crippen MR) is 112 cm³/mol. The first-order valence-corrected chi connectivity index (χ1v) is 10.2. The van der Waals surface area contributed by atoms with Gasteiger partial charge in [0.15, 0.2) is 0 Å². The monoisotopic (exact) mass is 395 g/mol. The molecule has 0 aliphatic rings. The molecule has 0 bridgehead atoms. The van der Waals surface area contributed by atoms with E-state index in [1.165, 1.54) is 0 Å². The van der Waals surface area contributed by atoms with Crippen LogP contribution in [0.25, 0.3) is 20.8 Å². The van der Waals surface area contributed by atoms with Crippen molar-refractivity contribution < 1.29 is 4.79 Å². The molecule has 0 radical (unpaired) electrons. The number of hydrogen-bond donors (Lipinski definition) is 1. The lowest BCUT2D eigenvalue weighted by Gasteiger charge is -2.07. The summed E-state index contributed by atoms with van der Waals surface area (Å²) in [5.41, 5.74) is 3.56. The van der Waals surface area contributed by atoms with Crippen LogP contribution in [0.2, 0.25) is 0 Å². The maximum absolute atomic E-state index is 12.3. The van der Waals surface area contributed by atoms with Crippen LogP contribution in [-0.2, 0) is 11.3 Å². The van der Waals surface area contributed by atoms with Crippen molar-refractivity contribution >= 4 is 44.5 Å². The summed E-state index contributed by atoms with van der Waals surface area (Å²) < 4.78 is 2.76. The van der Waals surface area contributed by atoms with Gasteiger partial charge in [-0.1, -0.05) is 35.6 Å². The third kappa shape index (κ3) is 3.84. The maximum atomic E-state index is 12.3. The number of nitrogens with zero attached hydrogens (tertiary/aromatic N) is 2. The van der Waals surface area contributed by atoms with Crippen molar-refractivity contribution in [2.24, 2.45) is 0 Å². The highest BCUT2D eigenvalue weighted by molar-refractivity contribution is 7.21. The highest BCUT2D eigenvalue weighted by atomic mass is 32.1. The largest absolute Gasteiger partial charge is 0.326 e. The Morgan fingerprint density at radius 3 is 2.81 bits per heavy atom. The lowest BCUT2D eigenvalue weighted by Crippen LogP contribution is -2.20. The fraction of sp³-hybridized carbons (Fsp3) is 0.150. The summed E-state index contributed by atoms with van der Waals surface area (Å²) in [5.74, 6) is -0.117. The number of nitrogens with one attached hydrogen (secondary N) is 1. The quantitative estimate of drug-likeness (QED) is 0.540. The molecule has 0 atom stereocenters. The van der Waals surface area contributed by atoms with E-state index in [1.54, 1.807) is 15.9 Å². The van der Waals surface area contributed by atoms with Crippen LogP contribution in [0.1, 0.15) is 12.1 Å².